The molecule has 1 aliphatic rings. The number of hydrogen-bond donors (Lipinski definition) is 2. The van der Waals surface area contributed by atoms with Crippen LogP contribution in [0.1, 0.15) is 37.8 Å². The highest BCUT2D eigenvalue weighted by Gasteiger charge is 2.14. The predicted octanol–water partition coefficient (Wildman–Crippen LogP) is 1.30. The zero-order chi connectivity index (χ0) is 10.5. The second-order valence-corrected chi connectivity index (χ2v) is 4.30. The lowest BCUT2D eigenvalue weighted by Gasteiger charge is -2.10. The van der Waals surface area contributed by atoms with Crippen molar-refractivity contribution in [2.24, 2.45) is 5.92 Å². The summed E-state index contributed by atoms with van der Waals surface area (Å²) in [5, 5.41) is 10.6. The fraction of sp³-hybridized carbons (Fsp3) is 0.818. The summed E-state index contributed by atoms with van der Waals surface area (Å²) in [5.74, 6) is 2.79. The van der Waals surface area contributed by atoms with Crippen molar-refractivity contribution >= 4 is 0 Å². The Hall–Kier alpha value is -0.900. The second kappa shape index (κ2) is 5.26. The average Bonchev–Trinajstić information content (AvgIpc) is 2.54. The maximum atomic E-state index is 4.47. The van der Waals surface area contributed by atoms with E-state index in [0.717, 1.165) is 37.0 Å². The third kappa shape index (κ3) is 3.02. The van der Waals surface area contributed by atoms with Crippen LogP contribution in [-0.2, 0) is 12.8 Å². The van der Waals surface area contributed by atoms with E-state index in [-0.39, 0.29) is 0 Å². The highest BCUT2D eigenvalue weighted by molar-refractivity contribution is 4.91. The van der Waals surface area contributed by atoms with Crippen molar-refractivity contribution in [1.29, 1.82) is 0 Å². The maximum Gasteiger partial charge on any atom is 0.150 e. The second-order valence-electron chi connectivity index (χ2n) is 4.30. The first kappa shape index (κ1) is 10.6. The van der Waals surface area contributed by atoms with Crippen molar-refractivity contribution in [3.8, 4) is 0 Å². The normalized spacial score (nSPS) is 22.6. The van der Waals surface area contributed by atoms with Gasteiger partial charge in [-0.2, -0.15) is 5.10 Å². The van der Waals surface area contributed by atoms with E-state index in [9.17, 15) is 0 Å². The Morgan fingerprint density at radius 2 is 2.27 bits per heavy atom. The fourth-order valence-corrected chi connectivity index (χ4v) is 2.15. The van der Waals surface area contributed by atoms with Gasteiger partial charge in [0.05, 0.1) is 0 Å². The number of rotatable bonds is 3. The molecule has 1 aromatic heterocycles. The first-order valence-electron chi connectivity index (χ1n) is 5.99. The molecule has 0 saturated carbocycles. The van der Waals surface area contributed by atoms with Gasteiger partial charge in [0, 0.05) is 12.8 Å². The van der Waals surface area contributed by atoms with E-state index in [1.807, 2.05) is 0 Å². The Labute approximate surface area is 90.9 Å². The third-order valence-electron chi connectivity index (χ3n) is 3.07. The maximum absolute atomic E-state index is 4.47. The number of aryl methyl sites for hydroxylation is 1. The summed E-state index contributed by atoms with van der Waals surface area (Å²) in [6.45, 7) is 4.41. The van der Waals surface area contributed by atoms with Crippen molar-refractivity contribution in [3.05, 3.63) is 11.6 Å². The molecule has 1 fully saturated rings. The summed E-state index contributed by atoms with van der Waals surface area (Å²) in [7, 11) is 0. The fourth-order valence-electron chi connectivity index (χ4n) is 2.15. The molecule has 4 nitrogen and oxygen atoms in total. The first-order valence-corrected chi connectivity index (χ1v) is 5.99. The van der Waals surface area contributed by atoms with Crippen LogP contribution in [0.3, 0.4) is 0 Å². The zero-order valence-corrected chi connectivity index (χ0v) is 9.42. The molecule has 0 bridgehead atoms. The summed E-state index contributed by atoms with van der Waals surface area (Å²) in [6, 6.07) is 0. The molecule has 1 aliphatic heterocycles. The minimum Gasteiger partial charge on any atom is -0.317 e. The third-order valence-corrected chi connectivity index (χ3v) is 3.07. The molecule has 1 aromatic rings. The molecule has 0 spiro atoms. The van der Waals surface area contributed by atoms with E-state index >= 15 is 0 Å². The van der Waals surface area contributed by atoms with Gasteiger partial charge < -0.3 is 5.32 Å². The van der Waals surface area contributed by atoms with Crippen LogP contribution >= 0.6 is 0 Å². The van der Waals surface area contributed by atoms with E-state index < -0.39 is 0 Å². The van der Waals surface area contributed by atoms with E-state index in [2.05, 4.69) is 27.4 Å². The van der Waals surface area contributed by atoms with E-state index in [1.165, 1.54) is 25.8 Å². The van der Waals surface area contributed by atoms with Crippen LogP contribution in [0.25, 0.3) is 0 Å². The van der Waals surface area contributed by atoms with Crippen molar-refractivity contribution < 1.29 is 0 Å². The lowest BCUT2D eigenvalue weighted by Crippen LogP contribution is -2.14. The van der Waals surface area contributed by atoms with Gasteiger partial charge in [-0.1, -0.05) is 6.92 Å². The van der Waals surface area contributed by atoms with Gasteiger partial charge in [0.1, 0.15) is 11.6 Å². The minimum atomic E-state index is 0.776. The molecule has 1 atom stereocenters. The molecular formula is C11H20N4. The van der Waals surface area contributed by atoms with Crippen molar-refractivity contribution in [3.63, 3.8) is 0 Å². The standard InChI is InChI=1S/C11H20N4/c1-2-10-13-11(15-14-10)8-9-4-3-6-12-7-5-9/h9,12H,2-8H2,1H3,(H,13,14,15). The predicted molar refractivity (Wildman–Crippen MR) is 59.7 cm³/mol. The van der Waals surface area contributed by atoms with Gasteiger partial charge in [-0.3, -0.25) is 5.10 Å². The van der Waals surface area contributed by atoms with Crippen LogP contribution in [-0.4, -0.2) is 28.3 Å². The van der Waals surface area contributed by atoms with Crippen molar-refractivity contribution in [1.82, 2.24) is 20.5 Å². The van der Waals surface area contributed by atoms with Gasteiger partial charge in [-0.25, -0.2) is 4.98 Å². The van der Waals surface area contributed by atoms with E-state index in [0.29, 0.717) is 0 Å². The molecule has 1 unspecified atom stereocenters. The number of aromatic amines is 1. The Bertz CT molecular complexity index is 287. The number of aromatic nitrogens is 3. The Balaban J connectivity index is 1.89. The van der Waals surface area contributed by atoms with Gasteiger partial charge in [0.2, 0.25) is 0 Å². The Kier molecular flexibility index (Phi) is 3.72. The zero-order valence-electron chi connectivity index (χ0n) is 9.42. The molecule has 0 aromatic carbocycles. The monoisotopic (exact) mass is 208 g/mol. The number of nitrogens with zero attached hydrogens (tertiary/aromatic N) is 2. The highest BCUT2D eigenvalue weighted by atomic mass is 15.2. The summed E-state index contributed by atoms with van der Waals surface area (Å²) in [6.07, 6.45) is 5.86. The van der Waals surface area contributed by atoms with Crippen LogP contribution in [0.5, 0.6) is 0 Å². The SMILES string of the molecule is CCc1n[nH]c(CC2CCCNCC2)n1. The largest absolute Gasteiger partial charge is 0.317 e. The molecule has 4 heteroatoms. The van der Waals surface area contributed by atoms with E-state index in [4.69, 9.17) is 0 Å². The minimum absolute atomic E-state index is 0.776. The van der Waals surface area contributed by atoms with Crippen LogP contribution < -0.4 is 5.32 Å². The summed E-state index contributed by atoms with van der Waals surface area (Å²) in [4.78, 5) is 4.47. The van der Waals surface area contributed by atoms with Gasteiger partial charge in [-0.05, 0) is 38.3 Å². The molecule has 2 heterocycles. The summed E-state index contributed by atoms with van der Waals surface area (Å²) >= 11 is 0. The summed E-state index contributed by atoms with van der Waals surface area (Å²) < 4.78 is 0. The molecule has 0 aliphatic carbocycles. The van der Waals surface area contributed by atoms with Crippen LogP contribution in [0.2, 0.25) is 0 Å². The lowest BCUT2D eigenvalue weighted by molar-refractivity contribution is 0.460. The number of hydrogen-bond acceptors (Lipinski definition) is 3. The van der Waals surface area contributed by atoms with Gasteiger partial charge >= 0.3 is 0 Å². The molecule has 0 radical (unpaired) electrons. The number of H-pyrrole nitrogens is 1. The molecule has 1 saturated heterocycles. The molecule has 2 N–H and O–H groups in total. The molecule has 2 rings (SSSR count). The quantitative estimate of drug-likeness (QED) is 0.787. The van der Waals surface area contributed by atoms with Crippen LogP contribution in [0.15, 0.2) is 0 Å². The average molecular weight is 208 g/mol. The summed E-state index contributed by atoms with van der Waals surface area (Å²) in [5.41, 5.74) is 0. The van der Waals surface area contributed by atoms with E-state index in [1.54, 1.807) is 0 Å². The smallest absolute Gasteiger partial charge is 0.150 e. The lowest BCUT2D eigenvalue weighted by atomic mass is 9.97. The van der Waals surface area contributed by atoms with Crippen LogP contribution in [0.4, 0.5) is 0 Å². The number of nitrogens with one attached hydrogen (secondary N) is 2. The molecular weight excluding hydrogens is 188 g/mol. The Morgan fingerprint density at radius 3 is 3.07 bits per heavy atom. The van der Waals surface area contributed by atoms with Gasteiger partial charge in [-0.15, -0.1) is 0 Å². The van der Waals surface area contributed by atoms with Gasteiger partial charge in [0.25, 0.3) is 0 Å². The first-order chi connectivity index (χ1) is 7.38. The highest BCUT2D eigenvalue weighted by Crippen LogP contribution is 2.17. The van der Waals surface area contributed by atoms with Crippen LogP contribution in [0, 0.1) is 5.92 Å². The topological polar surface area (TPSA) is 53.6 Å². The Morgan fingerprint density at radius 1 is 1.33 bits per heavy atom. The molecule has 84 valence electrons. The van der Waals surface area contributed by atoms with Crippen molar-refractivity contribution in [2.45, 2.75) is 39.0 Å². The van der Waals surface area contributed by atoms with Gasteiger partial charge in [0.15, 0.2) is 0 Å². The molecule has 15 heavy (non-hydrogen) atoms. The molecule has 0 amide bonds. The van der Waals surface area contributed by atoms with Crippen molar-refractivity contribution in [2.75, 3.05) is 13.1 Å².